The van der Waals surface area contributed by atoms with Crippen LogP contribution in [0.25, 0.3) is 0 Å². The van der Waals surface area contributed by atoms with Gasteiger partial charge in [0.15, 0.2) is 0 Å². The Morgan fingerprint density at radius 3 is 2.60 bits per heavy atom. The maximum atomic E-state index is 11.6. The molecular formula is C9H12N2O4. The first-order valence-electron chi connectivity index (χ1n) is 4.35. The Balaban J connectivity index is 2.81. The smallest absolute Gasteiger partial charge is 0.326 e. The lowest BCUT2D eigenvalue weighted by atomic mass is 10.3. The monoisotopic (exact) mass is 212 g/mol. The molecule has 0 bridgehead atoms. The Morgan fingerprint density at radius 2 is 2.20 bits per heavy atom. The number of aryl methyl sites for hydroxylation is 1. The van der Waals surface area contributed by atoms with Crippen molar-refractivity contribution in [1.82, 2.24) is 9.88 Å². The summed E-state index contributed by atoms with van der Waals surface area (Å²) >= 11 is 0. The van der Waals surface area contributed by atoms with Gasteiger partial charge in [0.2, 0.25) is 0 Å². The zero-order valence-electron chi connectivity index (χ0n) is 8.72. The fourth-order valence-corrected chi connectivity index (χ4v) is 0.945. The van der Waals surface area contributed by atoms with E-state index in [1.165, 1.54) is 20.2 Å². The van der Waals surface area contributed by atoms with Gasteiger partial charge in [-0.3, -0.25) is 4.79 Å². The van der Waals surface area contributed by atoms with Gasteiger partial charge in [0.25, 0.3) is 5.89 Å². The first kappa shape index (κ1) is 11.2. The minimum Gasteiger partial charge on any atom is -0.480 e. The molecule has 6 heteroatoms. The van der Waals surface area contributed by atoms with Crippen LogP contribution in [-0.4, -0.2) is 40.0 Å². The molecule has 1 amide bonds. The van der Waals surface area contributed by atoms with Gasteiger partial charge < -0.3 is 14.4 Å². The van der Waals surface area contributed by atoms with E-state index in [9.17, 15) is 9.59 Å². The summed E-state index contributed by atoms with van der Waals surface area (Å²) in [5, 5.41) is 8.71. The second kappa shape index (κ2) is 4.12. The number of carboxylic acid groups (broad SMARTS) is 1. The summed E-state index contributed by atoms with van der Waals surface area (Å²) in [6, 6.07) is -0.912. The highest BCUT2D eigenvalue weighted by molar-refractivity contribution is 5.92. The Labute approximate surface area is 86.5 Å². The summed E-state index contributed by atoms with van der Waals surface area (Å²) in [7, 11) is 1.39. The van der Waals surface area contributed by atoms with Crippen molar-refractivity contribution < 1.29 is 19.1 Å². The van der Waals surface area contributed by atoms with Crippen LogP contribution in [-0.2, 0) is 4.79 Å². The van der Waals surface area contributed by atoms with Crippen LogP contribution in [0.5, 0.6) is 0 Å². The third-order valence-electron chi connectivity index (χ3n) is 2.06. The molecule has 15 heavy (non-hydrogen) atoms. The first-order chi connectivity index (χ1) is 6.93. The van der Waals surface area contributed by atoms with E-state index in [4.69, 9.17) is 9.52 Å². The van der Waals surface area contributed by atoms with Crippen molar-refractivity contribution in [2.45, 2.75) is 19.9 Å². The fraction of sp³-hybridized carbons (Fsp3) is 0.444. The van der Waals surface area contributed by atoms with Gasteiger partial charge in [-0.25, -0.2) is 9.78 Å². The van der Waals surface area contributed by atoms with E-state index in [1.54, 1.807) is 6.92 Å². The van der Waals surface area contributed by atoms with E-state index in [2.05, 4.69) is 4.98 Å². The van der Waals surface area contributed by atoms with Crippen molar-refractivity contribution in [3.05, 3.63) is 17.8 Å². The summed E-state index contributed by atoms with van der Waals surface area (Å²) in [6.45, 7) is 3.09. The number of aromatic nitrogens is 1. The standard InChI is InChI=1S/C9H12N2O4/c1-5-4-15-7(10-5)8(12)11(3)6(2)9(13)14/h4,6H,1-3H3,(H,13,14). The molecule has 0 saturated heterocycles. The fourth-order valence-electron chi connectivity index (χ4n) is 0.945. The molecule has 82 valence electrons. The molecule has 1 heterocycles. The lowest BCUT2D eigenvalue weighted by Gasteiger charge is -2.19. The quantitative estimate of drug-likeness (QED) is 0.790. The number of carboxylic acids is 1. The molecular weight excluding hydrogens is 200 g/mol. The minimum absolute atomic E-state index is 0.0944. The number of hydrogen-bond acceptors (Lipinski definition) is 4. The second-order valence-electron chi connectivity index (χ2n) is 3.22. The van der Waals surface area contributed by atoms with E-state index >= 15 is 0 Å². The highest BCUT2D eigenvalue weighted by Gasteiger charge is 2.25. The summed E-state index contributed by atoms with van der Waals surface area (Å²) in [4.78, 5) is 27.1. The number of nitrogens with zero attached hydrogens (tertiary/aromatic N) is 2. The van der Waals surface area contributed by atoms with Crippen molar-refractivity contribution >= 4 is 11.9 Å². The molecule has 1 N–H and O–H groups in total. The molecule has 0 saturated carbocycles. The van der Waals surface area contributed by atoms with Crippen molar-refractivity contribution in [3.8, 4) is 0 Å². The van der Waals surface area contributed by atoms with Gasteiger partial charge in [-0.1, -0.05) is 0 Å². The molecule has 0 aliphatic heterocycles. The molecule has 0 aliphatic rings. The number of carbonyl (C=O) groups excluding carboxylic acids is 1. The molecule has 1 aromatic rings. The Hall–Kier alpha value is -1.85. The Morgan fingerprint density at radius 1 is 1.60 bits per heavy atom. The number of carbonyl (C=O) groups is 2. The molecule has 1 rings (SSSR count). The normalized spacial score (nSPS) is 12.2. The van der Waals surface area contributed by atoms with Gasteiger partial charge in [-0.15, -0.1) is 0 Å². The van der Waals surface area contributed by atoms with Gasteiger partial charge in [0.05, 0.1) is 5.69 Å². The molecule has 0 radical (unpaired) electrons. The average molecular weight is 212 g/mol. The SMILES string of the molecule is Cc1coc(C(=O)N(C)C(C)C(=O)O)n1. The number of rotatable bonds is 3. The minimum atomic E-state index is -1.07. The lowest BCUT2D eigenvalue weighted by Crippen LogP contribution is -2.40. The van der Waals surface area contributed by atoms with E-state index in [0.29, 0.717) is 5.69 Å². The molecule has 0 spiro atoms. The van der Waals surface area contributed by atoms with Gasteiger partial charge in [-0.05, 0) is 13.8 Å². The van der Waals surface area contributed by atoms with Gasteiger partial charge in [0.1, 0.15) is 12.3 Å². The number of hydrogen-bond donors (Lipinski definition) is 1. The average Bonchev–Trinajstić information content (AvgIpc) is 2.61. The topological polar surface area (TPSA) is 83.6 Å². The van der Waals surface area contributed by atoms with Crippen molar-refractivity contribution in [2.75, 3.05) is 7.05 Å². The summed E-state index contributed by atoms with van der Waals surface area (Å²) in [5.74, 6) is -1.71. The molecule has 1 unspecified atom stereocenters. The maximum Gasteiger partial charge on any atom is 0.326 e. The Bertz CT molecular complexity index is 385. The van der Waals surface area contributed by atoms with E-state index in [1.807, 2.05) is 0 Å². The summed E-state index contributed by atoms with van der Waals surface area (Å²) in [5.41, 5.74) is 0.578. The summed E-state index contributed by atoms with van der Waals surface area (Å²) in [6.07, 6.45) is 1.34. The van der Waals surface area contributed by atoms with Crippen molar-refractivity contribution in [2.24, 2.45) is 0 Å². The van der Waals surface area contributed by atoms with E-state index in [0.717, 1.165) is 4.90 Å². The predicted octanol–water partition coefficient (Wildman–Crippen LogP) is 0.528. The molecule has 0 aromatic carbocycles. The van der Waals surface area contributed by atoms with Crippen molar-refractivity contribution in [1.29, 1.82) is 0 Å². The van der Waals surface area contributed by atoms with Crippen LogP contribution < -0.4 is 0 Å². The van der Waals surface area contributed by atoms with Crippen LogP contribution in [0.1, 0.15) is 23.3 Å². The van der Waals surface area contributed by atoms with Crippen LogP contribution in [0.4, 0.5) is 0 Å². The number of aliphatic carboxylic acids is 1. The molecule has 0 aliphatic carbocycles. The van der Waals surface area contributed by atoms with Crippen LogP contribution >= 0.6 is 0 Å². The number of oxazole rings is 1. The third-order valence-corrected chi connectivity index (χ3v) is 2.06. The maximum absolute atomic E-state index is 11.6. The van der Waals surface area contributed by atoms with Crippen LogP contribution in [0, 0.1) is 6.92 Å². The molecule has 1 atom stereocenters. The lowest BCUT2D eigenvalue weighted by molar-refractivity contribution is -0.141. The first-order valence-corrected chi connectivity index (χ1v) is 4.35. The van der Waals surface area contributed by atoms with E-state index < -0.39 is 17.9 Å². The third kappa shape index (κ3) is 2.34. The van der Waals surface area contributed by atoms with Crippen molar-refractivity contribution in [3.63, 3.8) is 0 Å². The van der Waals surface area contributed by atoms with Gasteiger partial charge in [0, 0.05) is 7.05 Å². The molecule has 0 fully saturated rings. The highest BCUT2D eigenvalue weighted by atomic mass is 16.4. The largest absolute Gasteiger partial charge is 0.480 e. The van der Waals surface area contributed by atoms with Gasteiger partial charge in [-0.2, -0.15) is 0 Å². The zero-order valence-corrected chi connectivity index (χ0v) is 8.72. The van der Waals surface area contributed by atoms with Crippen LogP contribution in [0.3, 0.4) is 0 Å². The molecule has 6 nitrogen and oxygen atoms in total. The Kier molecular flexibility index (Phi) is 3.08. The molecule has 1 aromatic heterocycles. The second-order valence-corrected chi connectivity index (χ2v) is 3.22. The van der Waals surface area contributed by atoms with Crippen LogP contribution in [0.2, 0.25) is 0 Å². The van der Waals surface area contributed by atoms with E-state index in [-0.39, 0.29) is 5.89 Å². The van der Waals surface area contributed by atoms with Crippen LogP contribution in [0.15, 0.2) is 10.7 Å². The summed E-state index contributed by atoms with van der Waals surface area (Å²) < 4.78 is 4.88. The predicted molar refractivity (Wildman–Crippen MR) is 50.4 cm³/mol. The number of amides is 1. The highest BCUT2D eigenvalue weighted by Crippen LogP contribution is 2.06. The zero-order chi connectivity index (χ0) is 11.6. The van der Waals surface area contributed by atoms with Gasteiger partial charge >= 0.3 is 11.9 Å². The number of likely N-dealkylation sites (N-methyl/N-ethyl adjacent to an activating group) is 1.